The maximum Gasteiger partial charge on any atom is 0.420 e. The summed E-state index contributed by atoms with van der Waals surface area (Å²) in [5, 5.41) is 59.6. The fraction of sp³-hybridized carbons (Fsp3) is 0.255. The van der Waals surface area contributed by atoms with Crippen LogP contribution in [0.3, 0.4) is 0 Å². The van der Waals surface area contributed by atoms with E-state index in [1.807, 2.05) is 36.4 Å². The van der Waals surface area contributed by atoms with Crippen LogP contribution >= 0.6 is 15.9 Å². The van der Waals surface area contributed by atoms with Crippen LogP contribution in [0.4, 0.5) is 50.9 Å². The van der Waals surface area contributed by atoms with Crippen molar-refractivity contribution in [3.63, 3.8) is 0 Å². The van der Waals surface area contributed by atoms with Gasteiger partial charge in [-0.3, -0.25) is 9.97 Å². The molecule has 0 bridgehead atoms. The van der Waals surface area contributed by atoms with Crippen LogP contribution in [0.25, 0.3) is 16.8 Å². The molecule has 6 heterocycles. The predicted molar refractivity (Wildman–Crippen MR) is 269 cm³/mol. The average Bonchev–Trinajstić information content (AvgIpc) is 4.37. The molecule has 18 nitrogen and oxygen atoms in total. The maximum atomic E-state index is 16.1. The SMILES string of the molecule is C.OC(Cn1cnnn1)(c1ccccc1F)C(F)(F)c1ccc(Br)cn1.OC(c1cn(-c2ccc(N3CCN(c4ccc(-c5ccc(C(F)(F)C(O)(Cn6cnnn6)c6ccccc6F)nc5)cc4)CC3)cc2)nn1)C(F)(F)F. The second-order valence-electron chi connectivity index (χ2n) is 17.7. The van der Waals surface area contributed by atoms with E-state index in [1.54, 1.807) is 12.1 Å². The normalized spacial score (nSPS) is 15.1. The zero-order valence-electron chi connectivity index (χ0n) is 40.1. The maximum absolute atomic E-state index is 16.1. The Morgan fingerprint density at radius 3 is 1.41 bits per heavy atom. The van der Waals surface area contributed by atoms with Crippen molar-refractivity contribution in [1.29, 1.82) is 0 Å². The standard InChI is InChI=1S/C35H30F6N10O2.C15H11BrF3N5O.CH4/c36-29-4-2-1-3-28(29)33(53,21-50-22-43-45-47-50)34(37,38)31-14-7-24(19-42-31)23-5-8-25(9-6-23)48-15-17-49(18-16-48)26-10-12-27(13-11-26)51-20-30(44-46-51)32(52)35(39,40)41;16-10-5-6-13(20-7-10)15(18,19)14(25,8-24-9-21-22-23-24)11-3-1-2-4-12(11)17;/h1-14,19-20,22,32,52-53H,15-18,21H2;1-7,9,25H,8H2;1H4. The summed E-state index contributed by atoms with van der Waals surface area (Å²) in [6.07, 6.45) is -1.98. The molecule has 10 rings (SSSR count). The van der Waals surface area contributed by atoms with Crippen LogP contribution in [-0.2, 0) is 36.1 Å². The number of aromatic nitrogens is 13. The van der Waals surface area contributed by atoms with E-state index in [2.05, 4.69) is 77.1 Å². The zero-order chi connectivity index (χ0) is 55.5. The van der Waals surface area contributed by atoms with Gasteiger partial charge in [0.15, 0.2) is 17.3 Å². The monoisotopic (exact) mass is 1170 g/mol. The molecule has 1 fully saturated rings. The minimum Gasteiger partial charge on any atom is -0.378 e. The van der Waals surface area contributed by atoms with Gasteiger partial charge in [-0.25, -0.2) is 22.8 Å². The van der Waals surface area contributed by atoms with Gasteiger partial charge in [0.05, 0.1) is 25.0 Å². The number of tetrazole rings is 2. The number of hydrogen-bond acceptors (Lipinski definition) is 15. The molecule has 0 radical (unpaired) electrons. The summed E-state index contributed by atoms with van der Waals surface area (Å²) in [4.78, 5) is 12.0. The molecule has 0 spiro atoms. The molecule has 9 aromatic rings. The third-order valence-corrected chi connectivity index (χ3v) is 13.3. The van der Waals surface area contributed by atoms with Crippen LogP contribution in [-0.4, -0.2) is 113 Å². The summed E-state index contributed by atoms with van der Waals surface area (Å²) in [6.45, 7) is 1.17. The van der Waals surface area contributed by atoms with Crippen molar-refractivity contribution in [3.05, 3.63) is 197 Å². The Hall–Kier alpha value is -8.21. The van der Waals surface area contributed by atoms with Crippen molar-refractivity contribution < 1.29 is 54.8 Å². The molecule has 0 amide bonds. The van der Waals surface area contributed by atoms with E-state index >= 15 is 17.6 Å². The second-order valence-corrected chi connectivity index (χ2v) is 18.6. The molecule has 0 saturated carbocycles. The highest BCUT2D eigenvalue weighted by atomic mass is 79.9. The van der Waals surface area contributed by atoms with Crippen LogP contribution in [0.5, 0.6) is 0 Å². The smallest absolute Gasteiger partial charge is 0.378 e. The fourth-order valence-corrected chi connectivity index (χ4v) is 8.84. The van der Waals surface area contributed by atoms with Crippen LogP contribution in [0.2, 0.25) is 0 Å². The van der Waals surface area contributed by atoms with Crippen LogP contribution < -0.4 is 9.80 Å². The number of aliphatic hydroxyl groups excluding tert-OH is 1. The molecular weight excluding hydrogens is 1120 g/mol. The molecule has 28 heteroatoms. The topological polar surface area (TPSA) is 211 Å². The van der Waals surface area contributed by atoms with Crippen LogP contribution in [0, 0.1) is 11.6 Å². The largest absolute Gasteiger partial charge is 0.420 e. The van der Waals surface area contributed by atoms with Gasteiger partial charge in [-0.1, -0.05) is 67.2 Å². The third-order valence-electron chi connectivity index (χ3n) is 12.8. The molecule has 4 aromatic carbocycles. The van der Waals surface area contributed by atoms with Gasteiger partial charge in [-0.05, 0) is 109 Å². The first kappa shape index (κ1) is 57.0. The van der Waals surface area contributed by atoms with E-state index in [1.165, 1.54) is 53.5 Å². The van der Waals surface area contributed by atoms with E-state index in [4.69, 9.17) is 0 Å². The number of hydrogen-bond donors (Lipinski definition) is 3. The molecule has 0 aliphatic carbocycles. The minimum absolute atomic E-state index is 0. The predicted octanol–water partition coefficient (Wildman–Crippen LogP) is 8.34. The first-order valence-corrected chi connectivity index (χ1v) is 24.1. The number of pyridine rings is 2. The van der Waals surface area contributed by atoms with Gasteiger partial charge in [-0.2, -0.15) is 30.7 Å². The molecule has 3 atom stereocenters. The number of piperazine rings is 1. The van der Waals surface area contributed by atoms with Gasteiger partial charge >= 0.3 is 18.0 Å². The Morgan fingerprint density at radius 1 is 0.544 bits per heavy atom. The summed E-state index contributed by atoms with van der Waals surface area (Å²) < 4.78 is 134. The van der Waals surface area contributed by atoms with Crippen LogP contribution in [0.1, 0.15) is 41.7 Å². The molecule has 3 unspecified atom stereocenters. The van der Waals surface area contributed by atoms with Gasteiger partial charge in [0.2, 0.25) is 0 Å². The summed E-state index contributed by atoms with van der Waals surface area (Å²) in [5.74, 6) is -9.98. The minimum atomic E-state index is -4.84. The van der Waals surface area contributed by atoms with Gasteiger partial charge in [0.1, 0.15) is 41.4 Å². The van der Waals surface area contributed by atoms with E-state index < -0.39 is 88.3 Å². The highest BCUT2D eigenvalue weighted by molar-refractivity contribution is 9.10. The Kier molecular flexibility index (Phi) is 16.6. The average molecular weight is 1170 g/mol. The van der Waals surface area contributed by atoms with E-state index in [0.29, 0.717) is 41.9 Å². The van der Waals surface area contributed by atoms with Crippen molar-refractivity contribution in [3.8, 4) is 16.8 Å². The summed E-state index contributed by atoms with van der Waals surface area (Å²) >= 11 is 3.11. The molecule has 412 valence electrons. The fourth-order valence-electron chi connectivity index (χ4n) is 8.61. The van der Waals surface area contributed by atoms with Crippen molar-refractivity contribution in [2.24, 2.45) is 0 Å². The highest BCUT2D eigenvalue weighted by Gasteiger charge is 2.59. The quantitative estimate of drug-likeness (QED) is 0.0824. The Bertz CT molecular complexity index is 3410. The van der Waals surface area contributed by atoms with Gasteiger partial charge in [0.25, 0.3) is 0 Å². The summed E-state index contributed by atoms with van der Waals surface area (Å²) in [5.41, 5.74) is -5.68. The van der Waals surface area contributed by atoms with Gasteiger partial charge in [-0.15, -0.1) is 15.3 Å². The number of halogens is 10. The zero-order valence-corrected chi connectivity index (χ0v) is 41.7. The number of aliphatic hydroxyl groups is 3. The number of nitrogens with zero attached hydrogens (tertiary/aromatic N) is 15. The molecule has 5 aromatic heterocycles. The number of anilines is 2. The summed E-state index contributed by atoms with van der Waals surface area (Å²) in [6, 6.07) is 29.1. The molecule has 3 N–H and O–H groups in total. The Morgan fingerprint density at radius 2 is 0.987 bits per heavy atom. The van der Waals surface area contributed by atoms with Crippen molar-refractivity contribution >= 4 is 27.3 Å². The van der Waals surface area contributed by atoms with E-state index in [0.717, 1.165) is 81.6 Å². The molecule has 79 heavy (non-hydrogen) atoms. The van der Waals surface area contributed by atoms with Crippen molar-refractivity contribution in [2.75, 3.05) is 36.0 Å². The lowest BCUT2D eigenvalue weighted by Crippen LogP contribution is -2.48. The Balaban J connectivity index is 0.000000265. The lowest BCUT2D eigenvalue weighted by atomic mass is 9.84. The van der Waals surface area contributed by atoms with Crippen molar-refractivity contribution in [2.45, 2.75) is 55.8 Å². The third kappa shape index (κ3) is 11.8. The van der Waals surface area contributed by atoms with Gasteiger partial charge in [0, 0.05) is 71.1 Å². The number of alkyl halides is 7. The lowest BCUT2D eigenvalue weighted by molar-refractivity contribution is -0.208. The number of rotatable bonds is 15. The van der Waals surface area contributed by atoms with Crippen molar-refractivity contribution in [1.82, 2.24) is 65.4 Å². The molecule has 1 aliphatic rings. The second kappa shape index (κ2) is 23.0. The van der Waals surface area contributed by atoms with E-state index in [9.17, 15) is 37.3 Å². The molecule has 1 aliphatic heterocycles. The molecule has 1 saturated heterocycles. The Labute approximate surface area is 451 Å². The lowest BCUT2D eigenvalue weighted by Gasteiger charge is -2.37. The molecular formula is C51H45BrF9N15O3. The summed E-state index contributed by atoms with van der Waals surface area (Å²) in [7, 11) is 0. The van der Waals surface area contributed by atoms with E-state index in [-0.39, 0.29) is 7.43 Å². The first-order chi connectivity index (χ1) is 37.2. The van der Waals surface area contributed by atoms with Crippen LogP contribution in [0.15, 0.2) is 157 Å². The highest BCUT2D eigenvalue weighted by Crippen LogP contribution is 2.48. The first-order valence-electron chi connectivity index (χ1n) is 23.3. The number of benzene rings is 4. The van der Waals surface area contributed by atoms with Gasteiger partial charge < -0.3 is 25.1 Å².